The van der Waals surface area contributed by atoms with E-state index in [2.05, 4.69) is 6.92 Å². The summed E-state index contributed by atoms with van der Waals surface area (Å²) in [6.45, 7) is 4.30. The molecule has 2 aliphatic rings. The zero-order chi connectivity index (χ0) is 16.9. The molecule has 0 aromatic carbocycles. The van der Waals surface area contributed by atoms with E-state index in [0.29, 0.717) is 0 Å². The number of esters is 1. The molecule has 132 valence electrons. The monoisotopic (exact) mass is 328 g/mol. The van der Waals surface area contributed by atoms with Gasteiger partial charge < -0.3 is 24.4 Å². The highest BCUT2D eigenvalue weighted by Crippen LogP contribution is 2.34. The summed E-state index contributed by atoms with van der Waals surface area (Å²) in [6, 6.07) is 0. The van der Waals surface area contributed by atoms with Crippen LogP contribution in [-0.4, -0.2) is 40.8 Å². The first-order chi connectivity index (χ1) is 11.0. The summed E-state index contributed by atoms with van der Waals surface area (Å²) in [6.07, 6.45) is 7.69. The van der Waals surface area contributed by atoms with Crippen LogP contribution in [0.25, 0.3) is 0 Å². The number of rotatable bonds is 9. The second-order valence-electron chi connectivity index (χ2n) is 6.53. The Morgan fingerprint density at radius 1 is 1.13 bits per heavy atom. The second kappa shape index (κ2) is 8.02. The maximum absolute atomic E-state index is 11.2. The quantitative estimate of drug-likeness (QED) is 0.497. The molecule has 0 radical (unpaired) electrons. The third kappa shape index (κ3) is 4.61. The Morgan fingerprint density at radius 3 is 2.39 bits per heavy atom. The van der Waals surface area contributed by atoms with Gasteiger partial charge in [0.25, 0.3) is 0 Å². The molecule has 23 heavy (non-hydrogen) atoms. The lowest BCUT2D eigenvalue weighted by Crippen LogP contribution is -2.33. The number of aliphatic hydroxyl groups is 2. The highest BCUT2D eigenvalue weighted by Gasteiger charge is 2.47. The molecule has 6 nitrogen and oxygen atoms in total. The molecule has 0 aromatic heterocycles. The molecule has 2 N–H and O–H groups in total. The van der Waals surface area contributed by atoms with Crippen LogP contribution in [0.4, 0.5) is 0 Å². The molecule has 0 amide bonds. The number of carbonyl (C=O) groups excluding carboxylic acids is 1. The molecule has 3 atom stereocenters. The lowest BCUT2D eigenvalue weighted by atomic mass is 10.1. The van der Waals surface area contributed by atoms with Gasteiger partial charge in [0.15, 0.2) is 17.7 Å². The average Bonchev–Trinajstić information content (AvgIpc) is 3.03. The van der Waals surface area contributed by atoms with Crippen LogP contribution in [0.2, 0.25) is 0 Å². The Bertz CT molecular complexity index is 446. The minimum absolute atomic E-state index is 0.224. The van der Waals surface area contributed by atoms with E-state index in [1.165, 1.54) is 32.1 Å². The number of aliphatic hydroxyl groups excluding tert-OH is 2. The van der Waals surface area contributed by atoms with E-state index in [-0.39, 0.29) is 6.61 Å². The summed E-state index contributed by atoms with van der Waals surface area (Å²) in [4.78, 5) is 11.2. The van der Waals surface area contributed by atoms with E-state index in [4.69, 9.17) is 14.2 Å². The standard InChI is InChI=1S/C17H28O6/c1-3-4-5-6-7-8-9-10-17(2)21-11-12(23-17)15-13(18)14(19)16(20)22-15/h12,15,18-19H,3-11H2,1-2H3. The van der Waals surface area contributed by atoms with E-state index >= 15 is 0 Å². The van der Waals surface area contributed by atoms with E-state index in [9.17, 15) is 15.0 Å². The number of carbonyl (C=O) groups is 1. The van der Waals surface area contributed by atoms with Crippen molar-refractivity contribution in [3.8, 4) is 0 Å². The van der Waals surface area contributed by atoms with Crippen molar-refractivity contribution < 1.29 is 29.2 Å². The Balaban J connectivity index is 1.70. The minimum Gasteiger partial charge on any atom is -0.505 e. The van der Waals surface area contributed by atoms with E-state index < -0.39 is 35.5 Å². The van der Waals surface area contributed by atoms with Crippen molar-refractivity contribution in [2.75, 3.05) is 6.61 Å². The van der Waals surface area contributed by atoms with Gasteiger partial charge in [0, 0.05) is 6.42 Å². The second-order valence-corrected chi connectivity index (χ2v) is 6.53. The topological polar surface area (TPSA) is 85.2 Å². The van der Waals surface area contributed by atoms with Crippen LogP contribution in [0.1, 0.15) is 65.2 Å². The van der Waals surface area contributed by atoms with Gasteiger partial charge in [0.1, 0.15) is 6.10 Å². The maximum atomic E-state index is 11.2. The van der Waals surface area contributed by atoms with Crippen LogP contribution in [0, 0.1) is 0 Å². The van der Waals surface area contributed by atoms with Crippen LogP contribution < -0.4 is 0 Å². The zero-order valence-electron chi connectivity index (χ0n) is 14.0. The molecule has 0 saturated carbocycles. The van der Waals surface area contributed by atoms with Crippen molar-refractivity contribution in [3.63, 3.8) is 0 Å². The first-order valence-electron chi connectivity index (χ1n) is 8.61. The molecule has 0 aromatic rings. The smallest absolute Gasteiger partial charge is 0.377 e. The fourth-order valence-electron chi connectivity index (χ4n) is 3.05. The lowest BCUT2D eigenvalue weighted by Gasteiger charge is -2.24. The molecule has 2 heterocycles. The Hall–Kier alpha value is -1.27. The van der Waals surface area contributed by atoms with Gasteiger partial charge in [-0.15, -0.1) is 0 Å². The number of unbranched alkanes of at least 4 members (excludes halogenated alkanes) is 6. The van der Waals surface area contributed by atoms with Crippen LogP contribution in [0.3, 0.4) is 0 Å². The number of hydrogen-bond donors (Lipinski definition) is 2. The summed E-state index contributed by atoms with van der Waals surface area (Å²) in [5.74, 6) is -2.85. The molecule has 0 bridgehead atoms. The molecule has 2 rings (SSSR count). The van der Waals surface area contributed by atoms with Gasteiger partial charge in [0.2, 0.25) is 5.76 Å². The minimum atomic E-state index is -0.974. The summed E-state index contributed by atoms with van der Waals surface area (Å²) >= 11 is 0. The number of ether oxygens (including phenoxy) is 3. The van der Waals surface area contributed by atoms with Crippen LogP contribution in [0.15, 0.2) is 11.5 Å². The van der Waals surface area contributed by atoms with Crippen LogP contribution in [-0.2, 0) is 19.0 Å². The Kier molecular flexibility index (Phi) is 6.30. The van der Waals surface area contributed by atoms with E-state index in [0.717, 1.165) is 19.3 Å². The fraction of sp³-hybridized carbons (Fsp3) is 0.824. The molecule has 0 spiro atoms. The van der Waals surface area contributed by atoms with Gasteiger partial charge in [-0.05, 0) is 13.3 Å². The Morgan fingerprint density at radius 2 is 1.78 bits per heavy atom. The molecule has 2 aliphatic heterocycles. The predicted octanol–water partition coefficient (Wildman–Crippen LogP) is 3.51. The lowest BCUT2D eigenvalue weighted by molar-refractivity contribution is -0.175. The first kappa shape index (κ1) is 18.1. The van der Waals surface area contributed by atoms with Gasteiger partial charge in [0.05, 0.1) is 6.61 Å². The predicted molar refractivity (Wildman–Crippen MR) is 84.0 cm³/mol. The van der Waals surface area contributed by atoms with E-state index in [1.807, 2.05) is 6.92 Å². The van der Waals surface area contributed by atoms with Crippen molar-refractivity contribution in [3.05, 3.63) is 11.5 Å². The number of cyclic esters (lactones) is 1. The maximum Gasteiger partial charge on any atom is 0.377 e. The SMILES string of the molecule is CCCCCCCCCC1(C)OCC(C2OC(=O)C(O)=C2O)O1. The summed E-state index contributed by atoms with van der Waals surface area (Å²) in [5.41, 5.74) is 0. The van der Waals surface area contributed by atoms with Gasteiger partial charge >= 0.3 is 5.97 Å². The van der Waals surface area contributed by atoms with Crippen molar-refractivity contribution in [1.29, 1.82) is 0 Å². The summed E-state index contributed by atoms with van der Waals surface area (Å²) in [5, 5.41) is 19.1. The third-order valence-corrected chi connectivity index (χ3v) is 4.47. The van der Waals surface area contributed by atoms with Crippen LogP contribution >= 0.6 is 0 Å². The molecule has 6 heteroatoms. The molecule has 1 saturated heterocycles. The van der Waals surface area contributed by atoms with Crippen molar-refractivity contribution >= 4 is 5.97 Å². The molecule has 0 aliphatic carbocycles. The van der Waals surface area contributed by atoms with E-state index in [1.54, 1.807) is 0 Å². The normalized spacial score (nSPS) is 31.0. The van der Waals surface area contributed by atoms with Gasteiger partial charge in [-0.25, -0.2) is 4.79 Å². The molecular weight excluding hydrogens is 300 g/mol. The average molecular weight is 328 g/mol. The van der Waals surface area contributed by atoms with Crippen molar-refractivity contribution in [2.24, 2.45) is 0 Å². The van der Waals surface area contributed by atoms with Crippen molar-refractivity contribution in [2.45, 2.75) is 83.2 Å². The van der Waals surface area contributed by atoms with Gasteiger partial charge in [-0.3, -0.25) is 0 Å². The molecular formula is C17H28O6. The Labute approximate surface area is 137 Å². The highest BCUT2D eigenvalue weighted by molar-refractivity contribution is 5.89. The third-order valence-electron chi connectivity index (χ3n) is 4.47. The summed E-state index contributed by atoms with van der Waals surface area (Å²) in [7, 11) is 0. The van der Waals surface area contributed by atoms with Gasteiger partial charge in [-0.2, -0.15) is 0 Å². The largest absolute Gasteiger partial charge is 0.505 e. The van der Waals surface area contributed by atoms with Crippen LogP contribution in [0.5, 0.6) is 0 Å². The number of hydrogen-bond acceptors (Lipinski definition) is 6. The molecule has 1 fully saturated rings. The zero-order valence-corrected chi connectivity index (χ0v) is 14.0. The summed E-state index contributed by atoms with van der Waals surface area (Å²) < 4.78 is 16.5. The fourth-order valence-corrected chi connectivity index (χ4v) is 3.05. The first-order valence-corrected chi connectivity index (χ1v) is 8.61. The molecule has 3 unspecified atom stereocenters. The van der Waals surface area contributed by atoms with Gasteiger partial charge in [-0.1, -0.05) is 45.4 Å². The van der Waals surface area contributed by atoms with Crippen molar-refractivity contribution in [1.82, 2.24) is 0 Å². The highest BCUT2D eigenvalue weighted by atomic mass is 16.8.